The molecule has 1 N–H and O–H groups in total. The van der Waals surface area contributed by atoms with Crippen molar-refractivity contribution < 1.29 is 4.74 Å². The molecule has 0 unspecified atom stereocenters. The Bertz CT molecular complexity index is 520. The number of nitrogens with zero attached hydrogens (tertiary/aromatic N) is 1. The number of benzene rings is 1. The maximum absolute atomic E-state index is 5.33. The maximum atomic E-state index is 5.33. The minimum Gasteiger partial charge on any atom is -0.460 e. The lowest BCUT2D eigenvalue weighted by molar-refractivity contribution is 0.476. The molecule has 68 valence electrons. The molecule has 3 heteroatoms. The average molecular weight is 184 g/mol. The lowest BCUT2D eigenvalue weighted by atomic mass is 10.2. The number of fused-ring (bicyclic) bond motifs is 3. The van der Waals surface area contributed by atoms with Gasteiger partial charge in [0.05, 0.1) is 17.4 Å². The van der Waals surface area contributed by atoms with Gasteiger partial charge in [-0.25, -0.2) is 0 Å². The first-order valence-corrected chi connectivity index (χ1v) is 4.41. The summed E-state index contributed by atoms with van der Waals surface area (Å²) in [4.78, 5) is 4.30. The van der Waals surface area contributed by atoms with E-state index in [0.717, 1.165) is 22.3 Å². The summed E-state index contributed by atoms with van der Waals surface area (Å²) in [5.41, 5.74) is 1.95. The zero-order chi connectivity index (χ0) is 9.38. The first-order valence-electron chi connectivity index (χ1n) is 4.41. The standard InChI is InChI=1S/C11H8N2O/c1-2-4-9-8(3-1)11-10(7-13-9)14-6-5-12-11/h1-7,12H. The number of hydrogen-bond donors (Lipinski definition) is 1. The first kappa shape index (κ1) is 7.38. The summed E-state index contributed by atoms with van der Waals surface area (Å²) in [6, 6.07) is 7.97. The minimum atomic E-state index is 0.770. The maximum Gasteiger partial charge on any atom is 0.168 e. The second-order valence-electron chi connectivity index (χ2n) is 3.08. The lowest BCUT2D eigenvalue weighted by Crippen LogP contribution is -2.00. The molecule has 0 radical (unpaired) electrons. The Balaban J connectivity index is 2.37. The van der Waals surface area contributed by atoms with Crippen LogP contribution in [-0.4, -0.2) is 4.98 Å². The Kier molecular flexibility index (Phi) is 1.44. The molecule has 0 spiro atoms. The number of hydrogen-bond acceptors (Lipinski definition) is 3. The van der Waals surface area contributed by atoms with E-state index in [9.17, 15) is 0 Å². The zero-order valence-electron chi connectivity index (χ0n) is 7.40. The van der Waals surface area contributed by atoms with Crippen LogP contribution in [0.3, 0.4) is 0 Å². The van der Waals surface area contributed by atoms with Crippen LogP contribution in [0.4, 0.5) is 5.69 Å². The normalized spacial score (nSPS) is 13.1. The van der Waals surface area contributed by atoms with Crippen molar-refractivity contribution in [2.45, 2.75) is 0 Å². The number of para-hydroxylation sites is 1. The van der Waals surface area contributed by atoms with Crippen LogP contribution in [0.2, 0.25) is 0 Å². The van der Waals surface area contributed by atoms with E-state index >= 15 is 0 Å². The number of rotatable bonds is 0. The zero-order valence-corrected chi connectivity index (χ0v) is 7.40. The number of nitrogens with one attached hydrogen (secondary N) is 1. The molecule has 2 heterocycles. The van der Waals surface area contributed by atoms with Crippen molar-refractivity contribution in [1.82, 2.24) is 4.98 Å². The van der Waals surface area contributed by atoms with Crippen LogP contribution in [0, 0.1) is 0 Å². The highest BCUT2D eigenvalue weighted by molar-refractivity contribution is 5.94. The van der Waals surface area contributed by atoms with Crippen LogP contribution in [0.1, 0.15) is 0 Å². The van der Waals surface area contributed by atoms with Gasteiger partial charge in [-0.05, 0) is 6.07 Å². The molecule has 0 amide bonds. The molecule has 1 aliphatic rings. The molecule has 14 heavy (non-hydrogen) atoms. The molecule has 1 aromatic carbocycles. The predicted molar refractivity (Wildman–Crippen MR) is 55.1 cm³/mol. The van der Waals surface area contributed by atoms with E-state index in [1.807, 2.05) is 24.3 Å². The fourth-order valence-corrected chi connectivity index (χ4v) is 1.59. The average Bonchev–Trinajstić information content (AvgIpc) is 2.29. The number of aromatic nitrogens is 1. The van der Waals surface area contributed by atoms with E-state index in [1.54, 1.807) is 18.7 Å². The Hall–Kier alpha value is -2.03. The molecular weight excluding hydrogens is 176 g/mol. The summed E-state index contributed by atoms with van der Waals surface area (Å²) in [6.07, 6.45) is 5.11. The van der Waals surface area contributed by atoms with Gasteiger partial charge in [-0.2, -0.15) is 0 Å². The molecular formula is C11H8N2O. The molecule has 0 bridgehead atoms. The Labute approximate surface area is 81.0 Å². The second-order valence-corrected chi connectivity index (χ2v) is 3.08. The largest absolute Gasteiger partial charge is 0.460 e. The summed E-state index contributed by atoms with van der Waals surface area (Å²) in [6.45, 7) is 0. The van der Waals surface area contributed by atoms with Crippen molar-refractivity contribution >= 4 is 16.6 Å². The third-order valence-electron chi connectivity index (χ3n) is 2.23. The topological polar surface area (TPSA) is 34.1 Å². The molecule has 1 aromatic heterocycles. The Morgan fingerprint density at radius 1 is 1.21 bits per heavy atom. The van der Waals surface area contributed by atoms with E-state index in [2.05, 4.69) is 10.3 Å². The van der Waals surface area contributed by atoms with Crippen LogP contribution in [0.25, 0.3) is 10.9 Å². The van der Waals surface area contributed by atoms with Crippen LogP contribution in [0.15, 0.2) is 42.9 Å². The van der Waals surface area contributed by atoms with E-state index in [0.29, 0.717) is 0 Å². The molecule has 2 aromatic rings. The fraction of sp³-hybridized carbons (Fsp3) is 0. The first-order chi connectivity index (χ1) is 6.95. The van der Waals surface area contributed by atoms with Crippen LogP contribution >= 0.6 is 0 Å². The highest BCUT2D eigenvalue weighted by atomic mass is 16.5. The number of anilines is 1. The van der Waals surface area contributed by atoms with Gasteiger partial charge >= 0.3 is 0 Å². The van der Waals surface area contributed by atoms with Crippen molar-refractivity contribution in [3.05, 3.63) is 42.9 Å². The summed E-state index contributed by atoms with van der Waals surface area (Å²) in [7, 11) is 0. The van der Waals surface area contributed by atoms with Gasteiger partial charge in [-0.3, -0.25) is 4.98 Å². The summed E-state index contributed by atoms with van der Waals surface area (Å²) in [5.74, 6) is 0.770. The summed E-state index contributed by atoms with van der Waals surface area (Å²) in [5, 5.41) is 4.24. The van der Waals surface area contributed by atoms with Crippen LogP contribution in [-0.2, 0) is 0 Å². The van der Waals surface area contributed by atoms with Crippen molar-refractivity contribution in [3.8, 4) is 5.75 Å². The van der Waals surface area contributed by atoms with E-state index in [-0.39, 0.29) is 0 Å². The Morgan fingerprint density at radius 2 is 2.14 bits per heavy atom. The van der Waals surface area contributed by atoms with Gasteiger partial charge in [0.2, 0.25) is 0 Å². The minimum absolute atomic E-state index is 0.770. The quantitative estimate of drug-likeness (QED) is 0.683. The predicted octanol–water partition coefficient (Wildman–Crippen LogP) is 2.51. The van der Waals surface area contributed by atoms with E-state index in [4.69, 9.17) is 4.74 Å². The third-order valence-corrected chi connectivity index (χ3v) is 2.23. The molecule has 0 fully saturated rings. The fourth-order valence-electron chi connectivity index (χ4n) is 1.59. The highest BCUT2D eigenvalue weighted by Gasteiger charge is 2.10. The van der Waals surface area contributed by atoms with Crippen molar-refractivity contribution in [1.29, 1.82) is 0 Å². The third kappa shape index (κ3) is 0.956. The van der Waals surface area contributed by atoms with Crippen molar-refractivity contribution in [2.24, 2.45) is 0 Å². The molecule has 0 saturated carbocycles. The SMILES string of the molecule is C1=COc2cnc3ccccc3c2N1. The van der Waals surface area contributed by atoms with E-state index in [1.165, 1.54) is 0 Å². The van der Waals surface area contributed by atoms with Crippen molar-refractivity contribution in [3.63, 3.8) is 0 Å². The summed E-state index contributed by atoms with van der Waals surface area (Å²) < 4.78 is 5.33. The van der Waals surface area contributed by atoms with Gasteiger partial charge in [0.1, 0.15) is 6.26 Å². The molecule has 0 saturated heterocycles. The van der Waals surface area contributed by atoms with E-state index < -0.39 is 0 Å². The molecule has 3 nitrogen and oxygen atoms in total. The van der Waals surface area contributed by atoms with Crippen molar-refractivity contribution in [2.75, 3.05) is 5.32 Å². The summed E-state index contributed by atoms with van der Waals surface area (Å²) >= 11 is 0. The van der Waals surface area contributed by atoms with Gasteiger partial charge < -0.3 is 10.1 Å². The van der Waals surface area contributed by atoms with Gasteiger partial charge in [0, 0.05) is 11.6 Å². The van der Waals surface area contributed by atoms with Gasteiger partial charge in [-0.15, -0.1) is 0 Å². The van der Waals surface area contributed by atoms with Crippen LogP contribution < -0.4 is 10.1 Å². The van der Waals surface area contributed by atoms with Gasteiger partial charge in [0.25, 0.3) is 0 Å². The smallest absolute Gasteiger partial charge is 0.168 e. The molecule has 0 atom stereocenters. The molecule has 0 aliphatic carbocycles. The Morgan fingerprint density at radius 3 is 3.14 bits per heavy atom. The number of ether oxygens (including phenoxy) is 1. The number of pyridine rings is 1. The second kappa shape index (κ2) is 2.73. The van der Waals surface area contributed by atoms with Crippen LogP contribution in [0.5, 0.6) is 5.75 Å². The highest BCUT2D eigenvalue weighted by Crippen LogP contribution is 2.33. The van der Waals surface area contributed by atoms with Gasteiger partial charge in [0.15, 0.2) is 5.75 Å². The lowest BCUT2D eigenvalue weighted by Gasteiger charge is -2.14. The van der Waals surface area contributed by atoms with Gasteiger partial charge in [-0.1, -0.05) is 18.2 Å². The monoisotopic (exact) mass is 184 g/mol. The molecule has 3 rings (SSSR count). The molecule has 1 aliphatic heterocycles.